The second-order valence-electron chi connectivity index (χ2n) is 6.89. The van der Waals surface area contributed by atoms with Gasteiger partial charge in [-0.25, -0.2) is 4.98 Å². The van der Waals surface area contributed by atoms with E-state index in [1.54, 1.807) is 11.4 Å². The summed E-state index contributed by atoms with van der Waals surface area (Å²) in [5, 5.41) is 2.45. The van der Waals surface area contributed by atoms with Gasteiger partial charge in [0, 0.05) is 24.6 Å². The van der Waals surface area contributed by atoms with E-state index in [4.69, 9.17) is 4.74 Å². The Morgan fingerprint density at radius 3 is 2.70 bits per heavy atom. The first-order chi connectivity index (χ1) is 12.9. The monoisotopic (exact) mass is 396 g/mol. The van der Waals surface area contributed by atoms with Crippen molar-refractivity contribution in [1.29, 1.82) is 0 Å². The summed E-state index contributed by atoms with van der Waals surface area (Å²) in [4.78, 5) is 18.9. The van der Waals surface area contributed by atoms with Crippen LogP contribution in [-0.2, 0) is 17.5 Å². The fraction of sp³-hybridized carbons (Fsp3) is 0.474. The van der Waals surface area contributed by atoms with Gasteiger partial charge >= 0.3 is 6.18 Å². The molecule has 1 aromatic carbocycles. The van der Waals surface area contributed by atoms with Crippen molar-refractivity contribution in [2.24, 2.45) is 0 Å². The van der Waals surface area contributed by atoms with E-state index in [1.165, 1.54) is 28.4 Å². The minimum Gasteiger partial charge on any atom is -0.371 e. The van der Waals surface area contributed by atoms with Crippen molar-refractivity contribution in [2.45, 2.75) is 50.6 Å². The summed E-state index contributed by atoms with van der Waals surface area (Å²) >= 11 is 1.37. The van der Waals surface area contributed by atoms with Gasteiger partial charge in [0.2, 0.25) is 0 Å². The highest BCUT2D eigenvalue weighted by atomic mass is 32.1. The van der Waals surface area contributed by atoms with Crippen LogP contribution in [0.2, 0.25) is 0 Å². The lowest BCUT2D eigenvalue weighted by Gasteiger charge is -2.23. The molecule has 0 N–H and O–H groups in total. The minimum atomic E-state index is -4.44. The molecule has 2 fully saturated rings. The third-order valence-electron chi connectivity index (χ3n) is 4.86. The molecule has 0 radical (unpaired) electrons. The lowest BCUT2D eigenvalue weighted by atomic mass is 10.1. The number of rotatable bonds is 5. The predicted molar refractivity (Wildman–Crippen MR) is 94.4 cm³/mol. The summed E-state index contributed by atoms with van der Waals surface area (Å²) in [5.41, 5.74) is -0.288. The van der Waals surface area contributed by atoms with E-state index in [9.17, 15) is 18.0 Å². The van der Waals surface area contributed by atoms with Gasteiger partial charge in [-0.1, -0.05) is 18.2 Å². The normalized spacial score (nSPS) is 20.0. The maximum absolute atomic E-state index is 13.3. The molecule has 1 saturated heterocycles. The molecule has 1 aliphatic heterocycles. The van der Waals surface area contributed by atoms with E-state index in [-0.39, 0.29) is 30.2 Å². The van der Waals surface area contributed by atoms with E-state index in [0.717, 1.165) is 36.8 Å². The molecule has 1 aliphatic carbocycles. The number of nitrogens with zero attached hydrogens (tertiary/aromatic N) is 2. The maximum Gasteiger partial charge on any atom is 0.416 e. The Morgan fingerprint density at radius 1 is 1.26 bits per heavy atom. The Balaban J connectivity index is 1.56. The van der Waals surface area contributed by atoms with Gasteiger partial charge in [-0.3, -0.25) is 4.79 Å². The number of halogens is 3. The zero-order chi connectivity index (χ0) is 19.0. The van der Waals surface area contributed by atoms with Crippen LogP contribution < -0.4 is 0 Å². The summed E-state index contributed by atoms with van der Waals surface area (Å²) in [6.45, 7) is 0.627. The minimum absolute atomic E-state index is 0.0216. The fourth-order valence-corrected chi connectivity index (χ4v) is 4.20. The van der Waals surface area contributed by atoms with Crippen molar-refractivity contribution < 1.29 is 22.7 Å². The topological polar surface area (TPSA) is 42.4 Å². The van der Waals surface area contributed by atoms with E-state index < -0.39 is 11.7 Å². The molecule has 2 aromatic rings. The summed E-state index contributed by atoms with van der Waals surface area (Å²) in [5.74, 6) is -0.310. The van der Waals surface area contributed by atoms with E-state index >= 15 is 0 Å². The number of amides is 1. The standard InChI is InChI=1S/C19H19F3N2O2S/c20-19(21,22)14-5-2-1-4-12(14)10-24(13-7-8-13)18(25)15-11-27-17(23-15)16-6-3-9-26-16/h1-2,4-5,11,13,16H,3,6-10H2/t16-/m0/s1. The Morgan fingerprint density at radius 2 is 2.04 bits per heavy atom. The van der Waals surface area contributed by atoms with Gasteiger partial charge in [0.05, 0.1) is 5.56 Å². The van der Waals surface area contributed by atoms with E-state index in [2.05, 4.69) is 4.98 Å². The smallest absolute Gasteiger partial charge is 0.371 e. The molecule has 144 valence electrons. The average molecular weight is 396 g/mol. The zero-order valence-corrected chi connectivity index (χ0v) is 15.4. The van der Waals surface area contributed by atoms with Gasteiger partial charge in [-0.05, 0) is 37.3 Å². The molecule has 1 atom stereocenters. The second-order valence-corrected chi connectivity index (χ2v) is 7.78. The highest BCUT2D eigenvalue weighted by Crippen LogP contribution is 2.36. The Bertz CT molecular complexity index is 826. The van der Waals surface area contributed by atoms with Crippen LogP contribution in [0.4, 0.5) is 13.2 Å². The van der Waals surface area contributed by atoms with Crippen LogP contribution >= 0.6 is 11.3 Å². The first-order valence-electron chi connectivity index (χ1n) is 8.96. The summed E-state index contributed by atoms with van der Waals surface area (Å²) in [6, 6.07) is 5.41. The first-order valence-corrected chi connectivity index (χ1v) is 9.84. The Kier molecular flexibility index (Phi) is 4.94. The van der Waals surface area contributed by atoms with Crippen LogP contribution in [0, 0.1) is 0 Å². The number of aromatic nitrogens is 1. The van der Waals surface area contributed by atoms with Gasteiger partial charge in [0.25, 0.3) is 5.91 Å². The SMILES string of the molecule is O=C(c1csc([C@@H]2CCCO2)n1)N(Cc1ccccc1C(F)(F)F)C1CC1. The number of hydrogen-bond acceptors (Lipinski definition) is 4. The summed E-state index contributed by atoms with van der Waals surface area (Å²) < 4.78 is 45.5. The quantitative estimate of drug-likeness (QED) is 0.728. The molecule has 0 spiro atoms. The largest absolute Gasteiger partial charge is 0.416 e. The molecule has 2 heterocycles. The van der Waals surface area contributed by atoms with Gasteiger partial charge in [0.15, 0.2) is 0 Å². The molecule has 1 amide bonds. The van der Waals surface area contributed by atoms with Crippen LogP contribution in [-0.4, -0.2) is 28.4 Å². The maximum atomic E-state index is 13.3. The molecule has 1 aromatic heterocycles. The molecule has 27 heavy (non-hydrogen) atoms. The first kappa shape index (κ1) is 18.4. The lowest BCUT2D eigenvalue weighted by Crippen LogP contribution is -2.33. The number of alkyl halides is 3. The predicted octanol–water partition coefficient (Wildman–Crippen LogP) is 4.82. The zero-order valence-electron chi connectivity index (χ0n) is 14.5. The molecule has 4 rings (SSSR count). The van der Waals surface area contributed by atoms with Gasteiger partial charge in [-0.2, -0.15) is 13.2 Å². The van der Waals surface area contributed by atoms with Crippen molar-refractivity contribution in [3.8, 4) is 0 Å². The molecule has 8 heteroatoms. The lowest BCUT2D eigenvalue weighted by molar-refractivity contribution is -0.138. The van der Waals surface area contributed by atoms with Crippen molar-refractivity contribution >= 4 is 17.2 Å². The van der Waals surface area contributed by atoms with E-state index in [0.29, 0.717) is 12.3 Å². The molecule has 0 bridgehead atoms. The van der Waals surface area contributed by atoms with Crippen molar-refractivity contribution in [1.82, 2.24) is 9.88 Å². The third kappa shape index (κ3) is 4.01. The van der Waals surface area contributed by atoms with Crippen LogP contribution in [0.5, 0.6) is 0 Å². The van der Waals surface area contributed by atoms with Crippen LogP contribution in [0.1, 0.15) is 58.4 Å². The van der Waals surface area contributed by atoms with Crippen LogP contribution in [0.25, 0.3) is 0 Å². The highest BCUT2D eigenvalue weighted by Gasteiger charge is 2.38. The molecular formula is C19H19F3N2O2S. The second kappa shape index (κ2) is 7.24. The highest BCUT2D eigenvalue weighted by molar-refractivity contribution is 7.09. The molecule has 0 unspecified atom stereocenters. The Labute approximate surface area is 159 Å². The van der Waals surface area contributed by atoms with Crippen LogP contribution in [0.15, 0.2) is 29.6 Å². The molecular weight excluding hydrogens is 377 g/mol. The number of benzene rings is 1. The molecule has 2 aliphatic rings. The van der Waals surface area contributed by atoms with Crippen molar-refractivity contribution in [3.63, 3.8) is 0 Å². The number of hydrogen-bond donors (Lipinski definition) is 0. The number of ether oxygens (including phenoxy) is 1. The van der Waals surface area contributed by atoms with Crippen molar-refractivity contribution in [3.05, 3.63) is 51.5 Å². The summed E-state index contributed by atoms with van der Waals surface area (Å²) in [7, 11) is 0. The molecule has 1 saturated carbocycles. The van der Waals surface area contributed by atoms with Crippen LogP contribution in [0.3, 0.4) is 0 Å². The third-order valence-corrected chi connectivity index (χ3v) is 5.79. The number of thiazole rings is 1. The average Bonchev–Trinajstić information content (AvgIpc) is 3.12. The number of carbonyl (C=O) groups is 1. The summed E-state index contributed by atoms with van der Waals surface area (Å²) in [6.07, 6.45) is -1.05. The van der Waals surface area contributed by atoms with Gasteiger partial charge in [0.1, 0.15) is 16.8 Å². The fourth-order valence-electron chi connectivity index (χ4n) is 3.32. The number of carbonyl (C=O) groups excluding carboxylic acids is 1. The molecule has 4 nitrogen and oxygen atoms in total. The van der Waals surface area contributed by atoms with Crippen molar-refractivity contribution in [2.75, 3.05) is 6.61 Å². The van der Waals surface area contributed by atoms with Gasteiger partial charge in [-0.15, -0.1) is 11.3 Å². The van der Waals surface area contributed by atoms with E-state index in [1.807, 2.05) is 0 Å². The Hall–Kier alpha value is -1.93. The van der Waals surface area contributed by atoms with Gasteiger partial charge < -0.3 is 9.64 Å².